The quantitative estimate of drug-likeness (QED) is 0.449. The van der Waals surface area contributed by atoms with Gasteiger partial charge in [-0.2, -0.15) is 0 Å². The Hall–Kier alpha value is -4.46. The lowest BCUT2D eigenvalue weighted by atomic mass is 9.87. The summed E-state index contributed by atoms with van der Waals surface area (Å²) in [6.45, 7) is 4.05. The van der Waals surface area contributed by atoms with Crippen molar-refractivity contribution in [1.82, 2.24) is 25.3 Å². The van der Waals surface area contributed by atoms with E-state index in [1.807, 2.05) is 4.90 Å². The summed E-state index contributed by atoms with van der Waals surface area (Å²) in [6, 6.07) is 5.19. The summed E-state index contributed by atoms with van der Waals surface area (Å²) >= 11 is 0. The summed E-state index contributed by atoms with van der Waals surface area (Å²) in [5, 5.41) is 10.3. The van der Waals surface area contributed by atoms with E-state index >= 15 is 4.39 Å². The van der Waals surface area contributed by atoms with Gasteiger partial charge in [-0.1, -0.05) is 0 Å². The van der Waals surface area contributed by atoms with E-state index in [9.17, 15) is 24.0 Å². The van der Waals surface area contributed by atoms with Crippen molar-refractivity contribution in [2.75, 3.05) is 42.5 Å². The van der Waals surface area contributed by atoms with Gasteiger partial charge in [0.25, 0.3) is 17.7 Å². The predicted molar refractivity (Wildman–Crippen MR) is 154 cm³/mol. The average molecular weight is 605 g/mol. The summed E-state index contributed by atoms with van der Waals surface area (Å²) in [5.74, 6) is -2.40. The fourth-order valence-electron chi connectivity index (χ4n) is 7.44. The highest BCUT2D eigenvalue weighted by Gasteiger charge is 2.46. The molecule has 5 amide bonds. The molecule has 8 rings (SSSR count). The highest BCUT2D eigenvalue weighted by molar-refractivity contribution is 6.23. The SMILES string of the molecule is NC(=O)c1ccc(N2CCC(CN3CC4CCC3CN4c3cc4c(cc3F)C(=O)N(C3CCC(=O)NC3=O)C4=O)CC2)nn1. The largest absolute Gasteiger partial charge is 0.364 e. The molecule has 3 unspecified atom stereocenters. The summed E-state index contributed by atoms with van der Waals surface area (Å²) in [6.07, 6.45) is 3.98. The van der Waals surface area contributed by atoms with Gasteiger partial charge in [0.05, 0.1) is 16.8 Å². The molecule has 1 aromatic heterocycles. The summed E-state index contributed by atoms with van der Waals surface area (Å²) < 4.78 is 15.6. The molecule has 0 radical (unpaired) electrons. The van der Waals surface area contributed by atoms with Gasteiger partial charge in [0.1, 0.15) is 11.9 Å². The van der Waals surface area contributed by atoms with Crippen LogP contribution in [0.5, 0.6) is 0 Å². The number of carbonyl (C=O) groups is 5. The van der Waals surface area contributed by atoms with Crippen molar-refractivity contribution in [3.05, 3.63) is 46.9 Å². The van der Waals surface area contributed by atoms with E-state index in [4.69, 9.17) is 5.73 Å². The fraction of sp³-hybridized carbons (Fsp3) is 0.500. The molecule has 3 N–H and O–H groups in total. The van der Waals surface area contributed by atoms with Crippen LogP contribution in [0.3, 0.4) is 0 Å². The lowest BCUT2D eigenvalue weighted by molar-refractivity contribution is -0.136. The Labute approximate surface area is 252 Å². The number of nitrogens with zero attached hydrogens (tertiary/aromatic N) is 6. The first-order chi connectivity index (χ1) is 21.2. The number of nitrogens with two attached hydrogens (primary N) is 1. The number of piperazine rings is 1. The number of halogens is 1. The Morgan fingerprint density at radius 3 is 2.30 bits per heavy atom. The van der Waals surface area contributed by atoms with Crippen LogP contribution in [0, 0.1) is 11.7 Å². The summed E-state index contributed by atoms with van der Waals surface area (Å²) in [5.41, 5.74) is 5.76. The Balaban J connectivity index is 0.997. The van der Waals surface area contributed by atoms with Crippen molar-refractivity contribution in [2.24, 2.45) is 11.7 Å². The number of amides is 5. The van der Waals surface area contributed by atoms with Crippen molar-refractivity contribution in [1.29, 1.82) is 0 Å². The third kappa shape index (κ3) is 4.86. The van der Waals surface area contributed by atoms with E-state index in [1.54, 1.807) is 12.1 Å². The van der Waals surface area contributed by atoms with Crippen LogP contribution in [0.1, 0.15) is 69.7 Å². The number of primary amides is 1. The monoisotopic (exact) mass is 604 g/mol. The van der Waals surface area contributed by atoms with Gasteiger partial charge in [-0.3, -0.25) is 39.1 Å². The average Bonchev–Trinajstić information content (AvgIpc) is 3.25. The van der Waals surface area contributed by atoms with Gasteiger partial charge in [-0.05, 0) is 62.3 Å². The van der Waals surface area contributed by atoms with Crippen LogP contribution in [0.4, 0.5) is 15.9 Å². The van der Waals surface area contributed by atoms with E-state index in [0.717, 1.165) is 68.6 Å². The van der Waals surface area contributed by atoms with Crippen LogP contribution in [0.2, 0.25) is 0 Å². The Morgan fingerprint density at radius 2 is 1.66 bits per heavy atom. The molecule has 13 nitrogen and oxygen atoms in total. The first-order valence-corrected chi connectivity index (χ1v) is 15.1. The standard InChI is InChI=1S/C30H33FN8O5/c31-21-11-19-20(30(44)39(29(19)43)23-4-6-26(40)33-28(23)42)12-24(21)38-15-17-1-2-18(38)14-37(17)13-16-7-9-36(10-8-16)25-5-3-22(27(32)41)34-35-25/h3,5,11-12,16-18,23H,1-2,4,6-10,13-15H2,(H2,32,41)(H,33,40,42). The molecule has 6 aliphatic rings. The molecule has 2 aromatic rings. The van der Waals surface area contributed by atoms with Gasteiger partial charge < -0.3 is 15.5 Å². The van der Waals surface area contributed by atoms with E-state index in [0.29, 0.717) is 18.2 Å². The molecule has 0 aliphatic carbocycles. The maximum atomic E-state index is 15.6. The minimum Gasteiger partial charge on any atom is -0.364 e. The number of benzene rings is 1. The summed E-state index contributed by atoms with van der Waals surface area (Å²) in [7, 11) is 0. The second-order valence-electron chi connectivity index (χ2n) is 12.4. The molecule has 5 fully saturated rings. The van der Waals surface area contributed by atoms with Crippen LogP contribution >= 0.6 is 0 Å². The van der Waals surface area contributed by atoms with Crippen molar-refractivity contribution < 1.29 is 28.4 Å². The minimum absolute atomic E-state index is 0.0246. The Morgan fingerprint density at radius 1 is 0.932 bits per heavy atom. The molecule has 5 saturated heterocycles. The van der Waals surface area contributed by atoms with Crippen molar-refractivity contribution in [3.8, 4) is 0 Å². The van der Waals surface area contributed by atoms with Gasteiger partial charge in [-0.15, -0.1) is 10.2 Å². The maximum absolute atomic E-state index is 15.6. The fourth-order valence-corrected chi connectivity index (χ4v) is 7.44. The zero-order valence-electron chi connectivity index (χ0n) is 24.1. The van der Waals surface area contributed by atoms with Crippen LogP contribution in [0.25, 0.3) is 0 Å². The van der Waals surface area contributed by atoms with Crippen LogP contribution in [-0.2, 0) is 9.59 Å². The molecular formula is C30H33FN8O5. The van der Waals surface area contributed by atoms with Crippen LogP contribution in [-0.4, -0.2) is 100 Å². The molecule has 7 heterocycles. The second-order valence-corrected chi connectivity index (χ2v) is 12.4. The molecule has 1 aromatic carbocycles. The zero-order valence-corrected chi connectivity index (χ0v) is 24.1. The Kier molecular flexibility index (Phi) is 7.03. The molecule has 44 heavy (non-hydrogen) atoms. The lowest BCUT2D eigenvalue weighted by Gasteiger charge is -2.53. The number of hydrogen-bond donors (Lipinski definition) is 2. The van der Waals surface area contributed by atoms with Crippen LogP contribution in [0.15, 0.2) is 24.3 Å². The van der Waals surface area contributed by atoms with Crippen LogP contribution < -0.4 is 20.9 Å². The number of piperidine rings is 4. The van der Waals surface area contributed by atoms with E-state index in [1.165, 1.54) is 6.07 Å². The number of aromatic nitrogens is 2. The number of imide groups is 2. The number of rotatable bonds is 6. The molecular weight excluding hydrogens is 571 g/mol. The first kappa shape index (κ1) is 28.3. The molecule has 14 heteroatoms. The highest BCUT2D eigenvalue weighted by Crippen LogP contribution is 2.38. The maximum Gasteiger partial charge on any atom is 0.269 e. The van der Waals surface area contributed by atoms with Gasteiger partial charge >= 0.3 is 0 Å². The van der Waals surface area contributed by atoms with Gasteiger partial charge in [0.2, 0.25) is 11.8 Å². The van der Waals surface area contributed by atoms with E-state index in [2.05, 4.69) is 25.3 Å². The first-order valence-electron chi connectivity index (χ1n) is 15.1. The number of carbonyl (C=O) groups excluding carboxylic acids is 5. The lowest BCUT2D eigenvalue weighted by Crippen LogP contribution is -2.63. The van der Waals surface area contributed by atoms with Crippen molar-refractivity contribution in [3.63, 3.8) is 0 Å². The second kappa shape index (κ2) is 10.9. The molecule has 0 spiro atoms. The predicted octanol–water partition coefficient (Wildman–Crippen LogP) is 0.685. The highest BCUT2D eigenvalue weighted by atomic mass is 19.1. The molecule has 6 aliphatic heterocycles. The van der Waals surface area contributed by atoms with Crippen molar-refractivity contribution >= 4 is 41.0 Å². The number of hydrogen-bond acceptors (Lipinski definition) is 10. The van der Waals surface area contributed by atoms with Gasteiger partial charge in [-0.25, -0.2) is 4.39 Å². The Bertz CT molecular complexity index is 1560. The number of nitrogens with one attached hydrogen (secondary N) is 1. The molecule has 230 valence electrons. The molecule has 3 atom stereocenters. The third-order valence-electron chi connectivity index (χ3n) is 9.79. The normalized spacial score (nSPS) is 25.9. The zero-order chi connectivity index (χ0) is 30.7. The smallest absolute Gasteiger partial charge is 0.269 e. The number of anilines is 2. The topological polar surface area (TPSA) is 162 Å². The van der Waals surface area contributed by atoms with Crippen molar-refractivity contribution in [2.45, 2.75) is 56.7 Å². The van der Waals surface area contributed by atoms with E-state index in [-0.39, 0.29) is 41.7 Å². The minimum atomic E-state index is -1.09. The van der Waals surface area contributed by atoms with Gasteiger partial charge in [0, 0.05) is 51.2 Å². The number of fused-ring (bicyclic) bond motifs is 4. The summed E-state index contributed by atoms with van der Waals surface area (Å²) in [4.78, 5) is 69.3. The molecule has 0 saturated carbocycles. The van der Waals surface area contributed by atoms with Gasteiger partial charge in [0.15, 0.2) is 11.5 Å². The van der Waals surface area contributed by atoms with E-state index < -0.39 is 41.4 Å². The third-order valence-corrected chi connectivity index (χ3v) is 9.79. The molecule has 2 bridgehead atoms.